The lowest BCUT2D eigenvalue weighted by molar-refractivity contribution is 0.0919. The summed E-state index contributed by atoms with van der Waals surface area (Å²) in [6.45, 7) is 5.92. The van der Waals surface area contributed by atoms with Crippen LogP contribution in [0.3, 0.4) is 0 Å². The van der Waals surface area contributed by atoms with Gasteiger partial charge in [-0.2, -0.15) is 0 Å². The van der Waals surface area contributed by atoms with Crippen molar-refractivity contribution < 1.29 is 9.53 Å². The zero-order chi connectivity index (χ0) is 16.9. The second-order valence-electron chi connectivity index (χ2n) is 6.33. The molecule has 1 amide bonds. The highest BCUT2D eigenvalue weighted by molar-refractivity contribution is 7.98. The van der Waals surface area contributed by atoms with Gasteiger partial charge in [0.05, 0.1) is 7.11 Å². The minimum Gasteiger partial charge on any atom is -0.496 e. The summed E-state index contributed by atoms with van der Waals surface area (Å²) in [6, 6.07) is 15.8. The van der Waals surface area contributed by atoms with E-state index in [1.165, 1.54) is 4.90 Å². The van der Waals surface area contributed by atoms with E-state index in [1.807, 2.05) is 51.1 Å². The van der Waals surface area contributed by atoms with Crippen molar-refractivity contribution in [2.75, 3.05) is 7.11 Å². The third-order valence-corrected chi connectivity index (χ3v) is 4.23. The second-order valence-corrected chi connectivity index (χ2v) is 7.38. The van der Waals surface area contributed by atoms with Gasteiger partial charge in [-0.1, -0.05) is 18.2 Å². The van der Waals surface area contributed by atoms with Crippen LogP contribution in [0.1, 0.15) is 36.7 Å². The summed E-state index contributed by atoms with van der Waals surface area (Å²) >= 11 is 1.72. The number of hydrogen-bond acceptors (Lipinski definition) is 3. The highest BCUT2D eigenvalue weighted by Gasteiger charge is 2.16. The van der Waals surface area contributed by atoms with Gasteiger partial charge in [0.2, 0.25) is 0 Å². The van der Waals surface area contributed by atoms with Gasteiger partial charge in [0, 0.05) is 27.3 Å². The molecule has 0 spiro atoms. The monoisotopic (exact) mass is 329 g/mol. The van der Waals surface area contributed by atoms with Gasteiger partial charge < -0.3 is 10.1 Å². The first-order valence-corrected chi connectivity index (χ1v) is 8.55. The predicted octanol–water partition coefficient (Wildman–Crippen LogP) is 4.52. The van der Waals surface area contributed by atoms with Gasteiger partial charge in [-0.25, -0.2) is 0 Å². The summed E-state index contributed by atoms with van der Waals surface area (Å²) in [4.78, 5) is 13.5. The molecule has 2 aromatic rings. The molecule has 1 N–H and O–H groups in total. The highest BCUT2D eigenvalue weighted by atomic mass is 32.2. The lowest BCUT2D eigenvalue weighted by Gasteiger charge is -2.21. The van der Waals surface area contributed by atoms with Crippen molar-refractivity contribution in [1.29, 1.82) is 0 Å². The Morgan fingerprint density at radius 1 is 1.13 bits per heavy atom. The average molecular weight is 329 g/mol. The molecule has 0 saturated carbocycles. The summed E-state index contributed by atoms with van der Waals surface area (Å²) in [5, 5.41) is 2.99. The maximum Gasteiger partial charge on any atom is 0.251 e. The number of carbonyl (C=O) groups excluding carboxylic acids is 1. The van der Waals surface area contributed by atoms with Crippen molar-refractivity contribution in [3.8, 4) is 5.75 Å². The van der Waals surface area contributed by atoms with E-state index in [0.29, 0.717) is 5.56 Å². The van der Waals surface area contributed by atoms with Crippen LogP contribution in [0.5, 0.6) is 5.75 Å². The number of carbonyl (C=O) groups is 1. The number of hydrogen-bond donors (Lipinski definition) is 1. The zero-order valence-corrected chi connectivity index (χ0v) is 14.9. The summed E-state index contributed by atoms with van der Waals surface area (Å²) in [6.07, 6.45) is 0. The van der Waals surface area contributed by atoms with Gasteiger partial charge in [0.1, 0.15) is 5.75 Å². The number of rotatable bonds is 5. The third-order valence-electron chi connectivity index (χ3n) is 3.17. The molecular weight excluding hydrogens is 306 g/mol. The normalized spacial score (nSPS) is 11.1. The number of thioether (sulfide) groups is 1. The molecule has 0 aliphatic rings. The number of benzene rings is 2. The maximum atomic E-state index is 12.3. The largest absolute Gasteiger partial charge is 0.496 e. The molecule has 0 aliphatic carbocycles. The molecule has 0 atom stereocenters. The molecule has 0 aromatic heterocycles. The van der Waals surface area contributed by atoms with E-state index in [-0.39, 0.29) is 11.4 Å². The van der Waals surface area contributed by atoms with Crippen LogP contribution in [0.4, 0.5) is 0 Å². The van der Waals surface area contributed by atoms with E-state index >= 15 is 0 Å². The van der Waals surface area contributed by atoms with Crippen LogP contribution in [-0.4, -0.2) is 18.6 Å². The van der Waals surface area contributed by atoms with Gasteiger partial charge in [0.15, 0.2) is 0 Å². The van der Waals surface area contributed by atoms with Crippen molar-refractivity contribution in [2.45, 2.75) is 37.0 Å². The SMILES string of the molecule is COc1ccc(C(=O)NC(C)(C)C)cc1CSc1ccccc1. The van der Waals surface area contributed by atoms with Crippen LogP contribution in [-0.2, 0) is 5.75 Å². The molecule has 23 heavy (non-hydrogen) atoms. The fraction of sp³-hybridized carbons (Fsp3) is 0.316. The molecule has 2 aromatic carbocycles. The lowest BCUT2D eigenvalue weighted by atomic mass is 10.1. The molecule has 122 valence electrons. The van der Waals surface area contributed by atoms with Crippen LogP contribution in [0.2, 0.25) is 0 Å². The molecule has 0 unspecified atom stereocenters. The van der Waals surface area contributed by atoms with E-state index in [9.17, 15) is 4.79 Å². The summed E-state index contributed by atoms with van der Waals surface area (Å²) < 4.78 is 5.42. The van der Waals surface area contributed by atoms with Crippen LogP contribution >= 0.6 is 11.8 Å². The third kappa shape index (κ3) is 5.32. The molecular formula is C19H23NO2S. The van der Waals surface area contributed by atoms with Crippen LogP contribution in [0.25, 0.3) is 0 Å². The zero-order valence-electron chi connectivity index (χ0n) is 14.1. The van der Waals surface area contributed by atoms with Crippen LogP contribution in [0, 0.1) is 0 Å². The Labute approximate surface area is 142 Å². The number of nitrogens with one attached hydrogen (secondary N) is 1. The molecule has 0 fully saturated rings. The smallest absolute Gasteiger partial charge is 0.251 e. The first kappa shape index (κ1) is 17.4. The first-order chi connectivity index (χ1) is 10.9. The fourth-order valence-electron chi connectivity index (χ4n) is 2.12. The fourth-order valence-corrected chi connectivity index (χ4v) is 3.02. The molecule has 3 nitrogen and oxygen atoms in total. The molecule has 0 bridgehead atoms. The summed E-state index contributed by atoms with van der Waals surface area (Å²) in [7, 11) is 1.65. The van der Waals surface area contributed by atoms with Crippen LogP contribution < -0.4 is 10.1 Å². The number of ether oxygens (including phenoxy) is 1. The van der Waals surface area contributed by atoms with Crippen molar-refractivity contribution in [2.24, 2.45) is 0 Å². The topological polar surface area (TPSA) is 38.3 Å². The average Bonchev–Trinajstić information content (AvgIpc) is 2.52. The van der Waals surface area contributed by atoms with Gasteiger partial charge in [0.25, 0.3) is 5.91 Å². The lowest BCUT2D eigenvalue weighted by Crippen LogP contribution is -2.40. The minimum atomic E-state index is -0.254. The molecule has 2 rings (SSSR count). The first-order valence-electron chi connectivity index (χ1n) is 7.56. The Morgan fingerprint density at radius 3 is 2.43 bits per heavy atom. The molecule has 0 aliphatic heterocycles. The predicted molar refractivity (Wildman–Crippen MR) is 96.2 cm³/mol. The molecule has 0 saturated heterocycles. The Hall–Kier alpha value is -1.94. The van der Waals surface area contributed by atoms with Crippen LogP contribution in [0.15, 0.2) is 53.4 Å². The minimum absolute atomic E-state index is 0.0638. The molecule has 4 heteroatoms. The van der Waals surface area contributed by atoms with Gasteiger partial charge >= 0.3 is 0 Å². The van der Waals surface area contributed by atoms with Crippen molar-refractivity contribution in [1.82, 2.24) is 5.32 Å². The van der Waals surface area contributed by atoms with Crippen molar-refractivity contribution >= 4 is 17.7 Å². The summed E-state index contributed by atoms with van der Waals surface area (Å²) in [5.74, 6) is 1.50. The maximum absolute atomic E-state index is 12.3. The molecule has 0 radical (unpaired) electrons. The van der Waals surface area contributed by atoms with E-state index < -0.39 is 0 Å². The number of amides is 1. The van der Waals surface area contributed by atoms with Gasteiger partial charge in [-0.15, -0.1) is 11.8 Å². The molecule has 0 heterocycles. The Morgan fingerprint density at radius 2 is 1.83 bits per heavy atom. The Balaban J connectivity index is 2.17. The van der Waals surface area contributed by atoms with Gasteiger partial charge in [-0.3, -0.25) is 4.79 Å². The number of methoxy groups -OCH3 is 1. The standard InChI is InChI=1S/C19H23NO2S/c1-19(2,3)20-18(21)14-10-11-17(22-4)15(12-14)13-23-16-8-6-5-7-9-16/h5-12H,13H2,1-4H3,(H,20,21). The van der Waals surface area contributed by atoms with E-state index in [4.69, 9.17) is 4.74 Å². The quantitative estimate of drug-likeness (QED) is 0.820. The Bertz CT molecular complexity index is 663. The van der Waals surface area contributed by atoms with Gasteiger partial charge in [-0.05, 0) is 51.1 Å². The van der Waals surface area contributed by atoms with Crippen molar-refractivity contribution in [3.05, 3.63) is 59.7 Å². The van der Waals surface area contributed by atoms with Crippen molar-refractivity contribution in [3.63, 3.8) is 0 Å². The second kappa shape index (κ2) is 7.55. The van der Waals surface area contributed by atoms with E-state index in [1.54, 1.807) is 24.9 Å². The Kier molecular flexibility index (Phi) is 5.72. The van der Waals surface area contributed by atoms with E-state index in [2.05, 4.69) is 17.4 Å². The summed E-state index contributed by atoms with van der Waals surface area (Å²) in [5.41, 5.74) is 1.42. The highest BCUT2D eigenvalue weighted by Crippen LogP contribution is 2.28. The van der Waals surface area contributed by atoms with E-state index in [0.717, 1.165) is 17.1 Å².